The zero-order valence-electron chi connectivity index (χ0n) is 9.29. The van der Waals surface area contributed by atoms with Gasteiger partial charge in [0.15, 0.2) is 0 Å². The molecule has 0 rings (SSSR count). The second-order valence-corrected chi connectivity index (χ2v) is 4.19. The normalized spacial score (nSPS) is 14.0. The molecule has 0 aliphatic rings. The molecule has 1 N–H and O–H groups in total. The van der Waals surface area contributed by atoms with E-state index in [1.807, 2.05) is 27.7 Å². The summed E-state index contributed by atoms with van der Waals surface area (Å²) in [4.78, 5) is 13.4. The predicted octanol–water partition coefficient (Wildman–Crippen LogP) is 1.26. The van der Waals surface area contributed by atoms with Crippen molar-refractivity contribution in [2.24, 2.45) is 5.41 Å². The van der Waals surface area contributed by atoms with Gasteiger partial charge in [0.2, 0.25) is 5.91 Å². The average Bonchev–Trinajstić information content (AvgIpc) is 2.14. The van der Waals surface area contributed by atoms with Crippen molar-refractivity contribution in [2.45, 2.75) is 40.2 Å². The summed E-state index contributed by atoms with van der Waals surface area (Å²) < 4.78 is 0. The number of nitrogens with zero attached hydrogens (tertiary/aromatic N) is 1. The van der Waals surface area contributed by atoms with E-state index in [-0.39, 0.29) is 24.0 Å². The van der Waals surface area contributed by atoms with E-state index >= 15 is 0 Å². The van der Waals surface area contributed by atoms with E-state index in [2.05, 4.69) is 0 Å². The maximum Gasteiger partial charge on any atom is 0.228 e. The van der Waals surface area contributed by atoms with Crippen LogP contribution in [0.1, 0.15) is 34.1 Å². The summed E-state index contributed by atoms with van der Waals surface area (Å²) in [5, 5.41) is 8.90. The van der Waals surface area contributed by atoms with E-state index in [1.54, 1.807) is 11.9 Å². The van der Waals surface area contributed by atoms with Crippen LogP contribution < -0.4 is 0 Å². The van der Waals surface area contributed by atoms with Crippen LogP contribution in [0.4, 0.5) is 0 Å². The van der Waals surface area contributed by atoms with Gasteiger partial charge in [-0.3, -0.25) is 4.79 Å². The third-order valence-electron chi connectivity index (χ3n) is 2.71. The number of hydrogen-bond acceptors (Lipinski definition) is 2. The molecule has 0 heterocycles. The van der Waals surface area contributed by atoms with Crippen LogP contribution in [-0.4, -0.2) is 35.6 Å². The van der Waals surface area contributed by atoms with Gasteiger partial charge in [0.1, 0.15) is 0 Å². The average molecular weight is 187 g/mol. The molecule has 0 aliphatic carbocycles. The van der Waals surface area contributed by atoms with Gasteiger partial charge in [-0.05, 0) is 13.3 Å². The zero-order valence-corrected chi connectivity index (χ0v) is 9.29. The van der Waals surface area contributed by atoms with Gasteiger partial charge in [-0.25, -0.2) is 0 Å². The monoisotopic (exact) mass is 187 g/mol. The molecule has 0 saturated heterocycles. The maximum atomic E-state index is 11.8. The molecule has 78 valence electrons. The summed E-state index contributed by atoms with van der Waals surface area (Å²) in [6.45, 7) is 7.70. The lowest BCUT2D eigenvalue weighted by Gasteiger charge is -2.31. The molecule has 1 atom stereocenters. The first-order valence-electron chi connectivity index (χ1n) is 4.75. The molecule has 0 radical (unpaired) electrons. The molecular weight excluding hydrogens is 166 g/mol. The number of hydrogen-bond donors (Lipinski definition) is 1. The highest BCUT2D eigenvalue weighted by atomic mass is 16.3. The topological polar surface area (TPSA) is 40.5 Å². The minimum atomic E-state index is -0.321. The molecule has 13 heavy (non-hydrogen) atoms. The van der Waals surface area contributed by atoms with E-state index in [0.717, 1.165) is 6.42 Å². The molecule has 3 nitrogen and oxygen atoms in total. The van der Waals surface area contributed by atoms with Crippen molar-refractivity contribution in [2.75, 3.05) is 13.7 Å². The molecule has 0 aromatic heterocycles. The minimum absolute atomic E-state index is 0.0159. The predicted molar refractivity (Wildman–Crippen MR) is 53.4 cm³/mol. The second-order valence-electron chi connectivity index (χ2n) is 4.19. The van der Waals surface area contributed by atoms with Crippen LogP contribution in [0.25, 0.3) is 0 Å². The summed E-state index contributed by atoms with van der Waals surface area (Å²) in [5.41, 5.74) is -0.321. The largest absolute Gasteiger partial charge is 0.394 e. The van der Waals surface area contributed by atoms with Crippen LogP contribution in [0.3, 0.4) is 0 Å². The fraction of sp³-hybridized carbons (Fsp3) is 0.900. The number of aliphatic hydroxyl groups excluding tert-OH is 1. The number of likely N-dealkylation sites (N-methyl/N-ethyl adjacent to an activating group) is 1. The van der Waals surface area contributed by atoms with Crippen LogP contribution in [0.2, 0.25) is 0 Å². The van der Waals surface area contributed by atoms with Gasteiger partial charge in [-0.15, -0.1) is 0 Å². The highest BCUT2D eigenvalue weighted by Crippen LogP contribution is 2.23. The fourth-order valence-corrected chi connectivity index (χ4v) is 0.951. The number of aliphatic hydroxyl groups is 1. The Morgan fingerprint density at radius 2 is 2.00 bits per heavy atom. The molecule has 3 heteroatoms. The third-order valence-corrected chi connectivity index (χ3v) is 2.71. The Labute approximate surface area is 80.7 Å². The van der Waals surface area contributed by atoms with Crippen molar-refractivity contribution < 1.29 is 9.90 Å². The van der Waals surface area contributed by atoms with Crippen LogP contribution in [0, 0.1) is 5.41 Å². The van der Waals surface area contributed by atoms with E-state index in [4.69, 9.17) is 5.11 Å². The summed E-state index contributed by atoms with van der Waals surface area (Å²) in [5.74, 6) is 0.0940. The van der Waals surface area contributed by atoms with Crippen molar-refractivity contribution in [3.05, 3.63) is 0 Å². The third kappa shape index (κ3) is 2.99. The molecule has 0 spiro atoms. The lowest BCUT2D eigenvalue weighted by atomic mass is 9.88. The number of amides is 1. The molecule has 1 amide bonds. The maximum absolute atomic E-state index is 11.8. The van der Waals surface area contributed by atoms with Gasteiger partial charge in [-0.1, -0.05) is 20.8 Å². The van der Waals surface area contributed by atoms with Gasteiger partial charge in [0, 0.05) is 12.5 Å². The second kappa shape index (κ2) is 4.61. The molecule has 1 unspecified atom stereocenters. The Bertz CT molecular complexity index is 178. The summed E-state index contributed by atoms with van der Waals surface area (Å²) in [6, 6.07) is -0.0988. The first-order chi connectivity index (χ1) is 5.86. The van der Waals surface area contributed by atoms with Gasteiger partial charge in [0.25, 0.3) is 0 Å². The number of rotatable bonds is 4. The summed E-state index contributed by atoms with van der Waals surface area (Å²) >= 11 is 0. The van der Waals surface area contributed by atoms with Gasteiger partial charge < -0.3 is 10.0 Å². The zero-order chi connectivity index (χ0) is 10.6. The molecule has 0 fully saturated rings. The molecule has 0 saturated carbocycles. The standard InChI is InChI=1S/C10H21NO2/c1-6-10(3,4)9(13)11(5)8(2)7-12/h8,12H,6-7H2,1-5H3. The SMILES string of the molecule is CCC(C)(C)C(=O)N(C)C(C)CO. The van der Waals surface area contributed by atoms with Gasteiger partial charge in [0.05, 0.1) is 12.6 Å². The lowest BCUT2D eigenvalue weighted by molar-refractivity contribution is -0.141. The van der Waals surface area contributed by atoms with Crippen LogP contribution in [0.15, 0.2) is 0 Å². The minimum Gasteiger partial charge on any atom is -0.394 e. The van der Waals surface area contributed by atoms with E-state index in [0.29, 0.717) is 0 Å². The van der Waals surface area contributed by atoms with E-state index in [1.165, 1.54) is 0 Å². The Hall–Kier alpha value is -0.570. The summed E-state index contributed by atoms with van der Waals surface area (Å²) in [7, 11) is 1.74. The molecule has 0 aromatic carbocycles. The van der Waals surface area contributed by atoms with Gasteiger partial charge >= 0.3 is 0 Å². The van der Waals surface area contributed by atoms with E-state index < -0.39 is 0 Å². The van der Waals surface area contributed by atoms with E-state index in [9.17, 15) is 4.79 Å². The molecule has 0 bridgehead atoms. The highest BCUT2D eigenvalue weighted by Gasteiger charge is 2.30. The van der Waals surface area contributed by atoms with Crippen molar-refractivity contribution in [1.29, 1.82) is 0 Å². The Balaban J connectivity index is 4.42. The van der Waals surface area contributed by atoms with Crippen LogP contribution in [0.5, 0.6) is 0 Å². The Morgan fingerprint density at radius 1 is 1.54 bits per heavy atom. The van der Waals surface area contributed by atoms with Crippen LogP contribution >= 0.6 is 0 Å². The quantitative estimate of drug-likeness (QED) is 0.720. The van der Waals surface area contributed by atoms with Crippen molar-refractivity contribution in [1.82, 2.24) is 4.90 Å². The van der Waals surface area contributed by atoms with Crippen molar-refractivity contribution in [3.63, 3.8) is 0 Å². The molecular formula is C10H21NO2. The molecule has 0 aliphatic heterocycles. The smallest absolute Gasteiger partial charge is 0.228 e. The highest BCUT2D eigenvalue weighted by molar-refractivity contribution is 5.81. The fourth-order valence-electron chi connectivity index (χ4n) is 0.951. The number of carbonyl (C=O) groups excluding carboxylic acids is 1. The van der Waals surface area contributed by atoms with Crippen LogP contribution in [-0.2, 0) is 4.79 Å². The Morgan fingerprint density at radius 3 is 2.31 bits per heavy atom. The van der Waals surface area contributed by atoms with Gasteiger partial charge in [-0.2, -0.15) is 0 Å². The first kappa shape index (κ1) is 12.4. The Kier molecular flexibility index (Phi) is 4.40. The first-order valence-corrected chi connectivity index (χ1v) is 4.75. The molecule has 0 aromatic rings. The van der Waals surface area contributed by atoms with Crippen molar-refractivity contribution >= 4 is 5.91 Å². The van der Waals surface area contributed by atoms with Crippen molar-refractivity contribution in [3.8, 4) is 0 Å². The lowest BCUT2D eigenvalue weighted by Crippen LogP contribution is -2.44. The number of carbonyl (C=O) groups is 1. The summed E-state index contributed by atoms with van der Waals surface area (Å²) in [6.07, 6.45) is 0.814.